The first-order chi connectivity index (χ1) is 8.15. The summed E-state index contributed by atoms with van der Waals surface area (Å²) in [5.41, 5.74) is 1.16. The van der Waals surface area contributed by atoms with Crippen LogP contribution in [0, 0.1) is 18.8 Å². The molecule has 0 aliphatic heterocycles. The maximum atomic E-state index is 10.8. The smallest absolute Gasteiger partial charge is 0.306 e. The van der Waals surface area contributed by atoms with E-state index in [0.29, 0.717) is 5.92 Å². The number of aliphatic carboxylic acids is 1. The lowest BCUT2D eigenvalue weighted by Crippen LogP contribution is -2.22. The van der Waals surface area contributed by atoms with Crippen molar-refractivity contribution < 1.29 is 9.90 Å². The Hall–Kier alpha value is -1.45. The largest absolute Gasteiger partial charge is 0.481 e. The normalized spacial score (nSPS) is 24.5. The molecule has 0 spiro atoms. The fraction of sp³-hybridized carbons (Fsp3) is 0.615. The molecule has 1 aliphatic rings. The van der Waals surface area contributed by atoms with Gasteiger partial charge in [0.1, 0.15) is 5.82 Å². The predicted octanol–water partition coefficient (Wildman–Crippen LogP) is 2.22. The van der Waals surface area contributed by atoms with E-state index in [0.717, 1.165) is 43.5 Å². The van der Waals surface area contributed by atoms with Crippen LogP contribution in [-0.2, 0) is 11.2 Å². The van der Waals surface area contributed by atoms with Crippen molar-refractivity contribution in [1.82, 2.24) is 9.97 Å². The molecule has 1 saturated carbocycles. The highest BCUT2D eigenvalue weighted by Gasteiger charge is 2.25. The lowest BCUT2D eigenvalue weighted by atomic mass is 9.79. The second-order valence-electron chi connectivity index (χ2n) is 4.90. The number of aromatic nitrogens is 2. The van der Waals surface area contributed by atoms with Crippen LogP contribution in [0.2, 0.25) is 0 Å². The average Bonchev–Trinajstić information content (AvgIpc) is 2.33. The van der Waals surface area contributed by atoms with Gasteiger partial charge in [0.25, 0.3) is 0 Å². The van der Waals surface area contributed by atoms with Crippen LogP contribution in [0.5, 0.6) is 0 Å². The highest BCUT2D eigenvalue weighted by atomic mass is 16.4. The summed E-state index contributed by atoms with van der Waals surface area (Å²) in [5.74, 6) is 0.628. The van der Waals surface area contributed by atoms with Crippen LogP contribution < -0.4 is 0 Å². The van der Waals surface area contributed by atoms with Gasteiger partial charge >= 0.3 is 5.97 Å². The zero-order chi connectivity index (χ0) is 12.3. The van der Waals surface area contributed by atoms with Crippen molar-refractivity contribution in [1.29, 1.82) is 0 Å². The third kappa shape index (κ3) is 3.25. The summed E-state index contributed by atoms with van der Waals surface area (Å²) >= 11 is 0. The second-order valence-corrected chi connectivity index (χ2v) is 4.90. The zero-order valence-electron chi connectivity index (χ0n) is 10.1. The van der Waals surface area contributed by atoms with Gasteiger partial charge in [0.05, 0.1) is 5.92 Å². The van der Waals surface area contributed by atoms with E-state index in [9.17, 15) is 4.79 Å². The summed E-state index contributed by atoms with van der Waals surface area (Å²) in [6, 6.07) is 0. The van der Waals surface area contributed by atoms with Crippen LogP contribution in [-0.4, -0.2) is 21.0 Å². The molecule has 4 nitrogen and oxygen atoms in total. The summed E-state index contributed by atoms with van der Waals surface area (Å²) in [6.45, 7) is 1.88. The lowest BCUT2D eigenvalue weighted by molar-refractivity contribution is -0.143. The molecule has 1 aromatic rings. The lowest BCUT2D eigenvalue weighted by Gasteiger charge is -2.25. The topological polar surface area (TPSA) is 63.1 Å². The predicted molar refractivity (Wildman–Crippen MR) is 63.6 cm³/mol. The van der Waals surface area contributed by atoms with Gasteiger partial charge in [-0.3, -0.25) is 4.79 Å². The molecule has 1 heterocycles. The van der Waals surface area contributed by atoms with Gasteiger partial charge < -0.3 is 5.11 Å². The Morgan fingerprint density at radius 2 is 1.88 bits per heavy atom. The van der Waals surface area contributed by atoms with Gasteiger partial charge in [-0.2, -0.15) is 0 Å². The standard InChI is InChI=1S/C13H18N2O2/c1-9-14-7-11(8-15-9)6-10-2-4-12(5-3-10)13(16)17/h7-8,10,12H,2-6H2,1H3,(H,16,17). The fourth-order valence-electron chi connectivity index (χ4n) is 2.47. The van der Waals surface area contributed by atoms with Crippen LogP contribution in [0.4, 0.5) is 0 Å². The van der Waals surface area contributed by atoms with Gasteiger partial charge in [-0.15, -0.1) is 0 Å². The molecule has 2 rings (SSSR count). The van der Waals surface area contributed by atoms with E-state index in [1.54, 1.807) is 0 Å². The van der Waals surface area contributed by atoms with Gasteiger partial charge in [0.15, 0.2) is 0 Å². The third-order valence-electron chi connectivity index (χ3n) is 3.55. The summed E-state index contributed by atoms with van der Waals surface area (Å²) in [7, 11) is 0. The van der Waals surface area contributed by atoms with Gasteiger partial charge in [0, 0.05) is 12.4 Å². The van der Waals surface area contributed by atoms with E-state index in [-0.39, 0.29) is 5.92 Å². The van der Waals surface area contributed by atoms with Crippen LogP contribution >= 0.6 is 0 Å². The van der Waals surface area contributed by atoms with Crippen molar-refractivity contribution in [2.24, 2.45) is 11.8 Å². The van der Waals surface area contributed by atoms with Crippen LogP contribution in [0.1, 0.15) is 37.1 Å². The molecule has 4 heteroatoms. The summed E-state index contributed by atoms with van der Waals surface area (Å²) < 4.78 is 0. The van der Waals surface area contributed by atoms with Gasteiger partial charge in [-0.1, -0.05) is 0 Å². The van der Waals surface area contributed by atoms with Crippen molar-refractivity contribution in [2.45, 2.75) is 39.0 Å². The molecule has 0 amide bonds. The molecule has 0 bridgehead atoms. The number of aryl methyl sites for hydroxylation is 1. The zero-order valence-corrected chi connectivity index (χ0v) is 10.1. The van der Waals surface area contributed by atoms with E-state index >= 15 is 0 Å². The van der Waals surface area contributed by atoms with Crippen molar-refractivity contribution in [3.8, 4) is 0 Å². The number of rotatable bonds is 3. The molecule has 0 unspecified atom stereocenters. The Morgan fingerprint density at radius 3 is 2.41 bits per heavy atom. The van der Waals surface area contributed by atoms with E-state index < -0.39 is 5.97 Å². The first-order valence-corrected chi connectivity index (χ1v) is 6.15. The molecular weight excluding hydrogens is 216 g/mol. The van der Waals surface area contributed by atoms with Crippen molar-refractivity contribution >= 4 is 5.97 Å². The monoisotopic (exact) mass is 234 g/mol. The molecule has 1 N–H and O–H groups in total. The number of hydrogen-bond acceptors (Lipinski definition) is 3. The maximum Gasteiger partial charge on any atom is 0.306 e. The van der Waals surface area contributed by atoms with Gasteiger partial charge in [0.2, 0.25) is 0 Å². The molecule has 0 saturated heterocycles. The maximum absolute atomic E-state index is 10.8. The molecule has 1 fully saturated rings. The second kappa shape index (κ2) is 5.25. The van der Waals surface area contributed by atoms with E-state index in [1.807, 2.05) is 19.3 Å². The van der Waals surface area contributed by atoms with E-state index in [4.69, 9.17) is 5.11 Å². The minimum absolute atomic E-state index is 0.125. The Balaban J connectivity index is 1.85. The molecule has 92 valence electrons. The van der Waals surface area contributed by atoms with Crippen LogP contribution in [0.25, 0.3) is 0 Å². The minimum atomic E-state index is -0.637. The third-order valence-corrected chi connectivity index (χ3v) is 3.55. The SMILES string of the molecule is Cc1ncc(CC2CCC(C(=O)O)CC2)cn1. The highest BCUT2D eigenvalue weighted by molar-refractivity contribution is 5.69. The number of hydrogen-bond donors (Lipinski definition) is 1. The van der Waals surface area contributed by atoms with Gasteiger partial charge in [-0.05, 0) is 50.5 Å². The molecular formula is C13H18N2O2. The summed E-state index contributed by atoms with van der Waals surface area (Å²) in [4.78, 5) is 19.2. The molecule has 0 aromatic carbocycles. The Morgan fingerprint density at radius 1 is 1.29 bits per heavy atom. The minimum Gasteiger partial charge on any atom is -0.481 e. The van der Waals surface area contributed by atoms with Crippen molar-refractivity contribution in [3.05, 3.63) is 23.8 Å². The van der Waals surface area contributed by atoms with E-state index in [1.165, 1.54) is 0 Å². The molecule has 17 heavy (non-hydrogen) atoms. The summed E-state index contributed by atoms with van der Waals surface area (Å²) in [6.07, 6.45) is 8.37. The first kappa shape index (κ1) is 12.0. The Bertz CT molecular complexity index is 381. The number of carbonyl (C=O) groups is 1. The van der Waals surface area contributed by atoms with E-state index in [2.05, 4.69) is 9.97 Å². The van der Waals surface area contributed by atoms with Crippen molar-refractivity contribution in [3.63, 3.8) is 0 Å². The number of carboxylic acid groups (broad SMARTS) is 1. The van der Waals surface area contributed by atoms with Gasteiger partial charge in [-0.25, -0.2) is 9.97 Å². The molecule has 0 atom stereocenters. The van der Waals surface area contributed by atoms with Crippen LogP contribution in [0.3, 0.4) is 0 Å². The Labute approximate surface area is 101 Å². The average molecular weight is 234 g/mol. The van der Waals surface area contributed by atoms with Crippen LogP contribution in [0.15, 0.2) is 12.4 Å². The molecule has 0 radical (unpaired) electrons. The quantitative estimate of drug-likeness (QED) is 0.871. The summed E-state index contributed by atoms with van der Waals surface area (Å²) in [5, 5.41) is 8.92. The highest BCUT2D eigenvalue weighted by Crippen LogP contribution is 2.30. The fourth-order valence-corrected chi connectivity index (χ4v) is 2.47. The number of carboxylic acids is 1. The first-order valence-electron chi connectivity index (χ1n) is 6.15. The van der Waals surface area contributed by atoms with Crippen molar-refractivity contribution in [2.75, 3.05) is 0 Å². The Kier molecular flexibility index (Phi) is 3.71. The molecule has 1 aromatic heterocycles. The number of nitrogens with zero attached hydrogens (tertiary/aromatic N) is 2. The molecule has 1 aliphatic carbocycles.